The van der Waals surface area contributed by atoms with Crippen molar-refractivity contribution in [2.24, 2.45) is 0 Å². The molecule has 118 valence electrons. The van der Waals surface area contributed by atoms with Crippen LogP contribution in [-0.4, -0.2) is 21.6 Å². The van der Waals surface area contributed by atoms with Gasteiger partial charge >= 0.3 is 0 Å². The van der Waals surface area contributed by atoms with E-state index in [9.17, 15) is 9.59 Å². The summed E-state index contributed by atoms with van der Waals surface area (Å²) in [6, 6.07) is 9.32. The molecule has 2 heterocycles. The third kappa shape index (κ3) is 3.48. The van der Waals surface area contributed by atoms with Crippen molar-refractivity contribution in [2.75, 3.05) is 0 Å². The number of aryl methyl sites for hydroxylation is 1. The summed E-state index contributed by atoms with van der Waals surface area (Å²) >= 11 is 0. The van der Waals surface area contributed by atoms with E-state index in [-0.39, 0.29) is 24.7 Å². The highest BCUT2D eigenvalue weighted by Gasteiger charge is 2.13. The third-order valence-electron chi connectivity index (χ3n) is 3.57. The number of benzene rings is 1. The van der Waals surface area contributed by atoms with E-state index in [1.165, 1.54) is 4.68 Å². The summed E-state index contributed by atoms with van der Waals surface area (Å²) in [6.45, 7) is 2.31. The zero-order valence-corrected chi connectivity index (χ0v) is 12.8. The maximum Gasteiger partial charge on any atom is 0.247 e. The molecule has 0 atom stereocenters. The fourth-order valence-electron chi connectivity index (χ4n) is 2.36. The fraction of sp³-hybridized carbons (Fsp3) is 0.235. The second kappa shape index (κ2) is 6.48. The maximum absolute atomic E-state index is 12.2. The summed E-state index contributed by atoms with van der Waals surface area (Å²) in [5.74, 6) is 0.289. The molecule has 23 heavy (non-hydrogen) atoms. The second-order valence-electron chi connectivity index (χ2n) is 5.37. The van der Waals surface area contributed by atoms with Crippen molar-refractivity contribution in [3.63, 3.8) is 0 Å². The first kappa shape index (κ1) is 15.0. The van der Waals surface area contributed by atoms with Gasteiger partial charge in [0.05, 0.1) is 24.5 Å². The van der Waals surface area contributed by atoms with Gasteiger partial charge in [0, 0.05) is 18.2 Å². The molecule has 0 aliphatic carbocycles. The Balaban J connectivity index is 1.57. The quantitative estimate of drug-likeness (QED) is 0.786. The van der Waals surface area contributed by atoms with Crippen LogP contribution >= 0.6 is 0 Å². The van der Waals surface area contributed by atoms with E-state index in [1.807, 2.05) is 25.1 Å². The van der Waals surface area contributed by atoms with Crippen LogP contribution in [0.5, 0.6) is 0 Å². The minimum atomic E-state index is -0.197. The standard InChI is InChI=1S/C17H17N3O3/c1-12-4-5-15-13(9-12)10-19-20(15)17(22)7-6-16(21)18-11-14-3-2-8-23-14/h2-5,8-10H,6-7,11H2,1H3,(H,18,21). The van der Waals surface area contributed by atoms with Gasteiger partial charge in [-0.05, 0) is 31.2 Å². The van der Waals surface area contributed by atoms with E-state index < -0.39 is 0 Å². The van der Waals surface area contributed by atoms with E-state index in [1.54, 1.807) is 24.6 Å². The Morgan fingerprint density at radius 1 is 1.26 bits per heavy atom. The first-order chi connectivity index (χ1) is 11.1. The Morgan fingerprint density at radius 2 is 2.13 bits per heavy atom. The Kier molecular flexibility index (Phi) is 4.23. The van der Waals surface area contributed by atoms with Crippen LogP contribution in [-0.2, 0) is 11.3 Å². The lowest BCUT2D eigenvalue weighted by molar-refractivity contribution is -0.121. The molecule has 0 fully saturated rings. The van der Waals surface area contributed by atoms with E-state index in [0.717, 1.165) is 16.5 Å². The molecule has 0 saturated heterocycles. The van der Waals surface area contributed by atoms with Gasteiger partial charge in [-0.25, -0.2) is 4.68 Å². The lowest BCUT2D eigenvalue weighted by atomic mass is 10.2. The lowest BCUT2D eigenvalue weighted by Crippen LogP contribution is -2.24. The molecule has 3 aromatic rings. The number of nitrogens with one attached hydrogen (secondary N) is 1. The molecule has 0 bridgehead atoms. The highest BCUT2D eigenvalue weighted by atomic mass is 16.3. The molecule has 6 heteroatoms. The van der Waals surface area contributed by atoms with Crippen molar-refractivity contribution in [1.29, 1.82) is 0 Å². The van der Waals surface area contributed by atoms with Crippen molar-refractivity contribution in [1.82, 2.24) is 15.1 Å². The SMILES string of the molecule is Cc1ccc2c(cnn2C(=O)CCC(=O)NCc2ccco2)c1. The monoisotopic (exact) mass is 311 g/mol. The summed E-state index contributed by atoms with van der Waals surface area (Å²) in [7, 11) is 0. The summed E-state index contributed by atoms with van der Waals surface area (Å²) in [5.41, 5.74) is 1.87. The van der Waals surface area contributed by atoms with Crippen molar-refractivity contribution in [2.45, 2.75) is 26.3 Å². The molecule has 6 nitrogen and oxygen atoms in total. The number of hydrogen-bond acceptors (Lipinski definition) is 4. The number of nitrogens with zero attached hydrogens (tertiary/aromatic N) is 2. The number of amides is 1. The lowest BCUT2D eigenvalue weighted by Gasteiger charge is -2.04. The van der Waals surface area contributed by atoms with Gasteiger partial charge in [-0.3, -0.25) is 9.59 Å². The van der Waals surface area contributed by atoms with Gasteiger partial charge in [-0.15, -0.1) is 0 Å². The summed E-state index contributed by atoms with van der Waals surface area (Å²) < 4.78 is 6.49. The smallest absolute Gasteiger partial charge is 0.247 e. The zero-order chi connectivity index (χ0) is 16.2. The van der Waals surface area contributed by atoms with Gasteiger partial charge in [-0.1, -0.05) is 11.6 Å². The molecule has 1 N–H and O–H groups in total. The van der Waals surface area contributed by atoms with Crippen molar-refractivity contribution in [3.05, 3.63) is 54.1 Å². The van der Waals surface area contributed by atoms with Crippen LogP contribution in [0.25, 0.3) is 10.9 Å². The van der Waals surface area contributed by atoms with Crippen LogP contribution in [0.2, 0.25) is 0 Å². The largest absolute Gasteiger partial charge is 0.467 e. The number of rotatable bonds is 5. The Bertz CT molecular complexity index is 834. The average molecular weight is 311 g/mol. The molecule has 1 aromatic carbocycles. The topological polar surface area (TPSA) is 77.1 Å². The van der Waals surface area contributed by atoms with E-state index in [4.69, 9.17) is 4.42 Å². The molecule has 0 aliphatic heterocycles. The summed E-state index contributed by atoms with van der Waals surface area (Å²) in [5, 5.41) is 7.75. The van der Waals surface area contributed by atoms with Gasteiger partial charge in [0.15, 0.2) is 0 Å². The number of hydrogen-bond donors (Lipinski definition) is 1. The average Bonchev–Trinajstić information content (AvgIpc) is 3.19. The summed E-state index contributed by atoms with van der Waals surface area (Å²) in [6.07, 6.45) is 3.44. The Morgan fingerprint density at radius 3 is 2.91 bits per heavy atom. The van der Waals surface area contributed by atoms with Gasteiger partial charge in [0.2, 0.25) is 11.8 Å². The molecule has 1 amide bonds. The number of aromatic nitrogens is 2. The predicted octanol–water partition coefficient (Wildman–Crippen LogP) is 2.67. The van der Waals surface area contributed by atoms with Crippen LogP contribution in [0.15, 0.2) is 47.2 Å². The molecular weight excluding hydrogens is 294 g/mol. The van der Waals surface area contributed by atoms with Crippen molar-refractivity contribution >= 4 is 22.7 Å². The first-order valence-corrected chi connectivity index (χ1v) is 7.40. The normalized spacial score (nSPS) is 10.8. The van der Waals surface area contributed by atoms with Gasteiger partial charge < -0.3 is 9.73 Å². The molecular formula is C17H17N3O3. The minimum absolute atomic E-state index is 0.106. The van der Waals surface area contributed by atoms with Crippen molar-refractivity contribution < 1.29 is 14.0 Å². The van der Waals surface area contributed by atoms with E-state index >= 15 is 0 Å². The molecule has 2 aromatic heterocycles. The zero-order valence-electron chi connectivity index (χ0n) is 12.8. The Labute approximate surface area is 133 Å². The molecule has 0 spiro atoms. The van der Waals surface area contributed by atoms with Crippen molar-refractivity contribution in [3.8, 4) is 0 Å². The Hall–Kier alpha value is -2.89. The number of carbonyl (C=O) groups excluding carboxylic acids is 2. The molecule has 0 radical (unpaired) electrons. The first-order valence-electron chi connectivity index (χ1n) is 7.40. The van der Waals surface area contributed by atoms with Crippen LogP contribution in [0.4, 0.5) is 0 Å². The predicted molar refractivity (Wildman–Crippen MR) is 84.9 cm³/mol. The van der Waals surface area contributed by atoms with Gasteiger partial charge in [0.1, 0.15) is 5.76 Å². The van der Waals surface area contributed by atoms with E-state index in [0.29, 0.717) is 12.3 Å². The number of furan rings is 1. The maximum atomic E-state index is 12.2. The molecule has 0 unspecified atom stereocenters. The molecule has 0 saturated carbocycles. The van der Waals surface area contributed by atoms with Crippen LogP contribution in [0.3, 0.4) is 0 Å². The highest BCUT2D eigenvalue weighted by Crippen LogP contribution is 2.16. The van der Waals surface area contributed by atoms with Gasteiger partial charge in [0.25, 0.3) is 0 Å². The number of carbonyl (C=O) groups is 2. The van der Waals surface area contributed by atoms with Gasteiger partial charge in [-0.2, -0.15) is 5.10 Å². The van der Waals surface area contributed by atoms with Crippen LogP contribution in [0.1, 0.15) is 29.0 Å². The second-order valence-corrected chi connectivity index (χ2v) is 5.37. The fourth-order valence-corrected chi connectivity index (χ4v) is 2.36. The number of fused-ring (bicyclic) bond motifs is 1. The van der Waals surface area contributed by atoms with Crippen LogP contribution in [0, 0.1) is 6.92 Å². The minimum Gasteiger partial charge on any atom is -0.467 e. The molecule has 3 rings (SSSR count). The molecule has 0 aliphatic rings. The highest BCUT2D eigenvalue weighted by molar-refractivity contribution is 5.92. The van der Waals surface area contributed by atoms with E-state index in [2.05, 4.69) is 10.4 Å². The summed E-state index contributed by atoms with van der Waals surface area (Å²) in [4.78, 5) is 24.0. The third-order valence-corrected chi connectivity index (χ3v) is 3.57. The van der Waals surface area contributed by atoms with Crippen LogP contribution < -0.4 is 5.32 Å².